The van der Waals surface area contributed by atoms with E-state index in [0.717, 1.165) is 37.9 Å². The average molecular weight is 294 g/mol. The molecule has 1 amide bonds. The Morgan fingerprint density at radius 3 is 2.45 bits per heavy atom. The Hall–Kier alpha value is -2.16. The number of hydrogen-bond donors (Lipinski definition) is 0. The number of carbonyl (C=O) groups is 1. The van der Waals surface area contributed by atoms with Gasteiger partial charge in [0.1, 0.15) is 0 Å². The number of amides is 1. The van der Waals surface area contributed by atoms with Gasteiger partial charge in [0.2, 0.25) is 5.91 Å². The number of carbonyl (C=O) groups excluding carboxylic acids is 1. The minimum atomic E-state index is 0.228. The fraction of sp³-hybridized carbons (Fsp3) is 0.368. The van der Waals surface area contributed by atoms with Crippen molar-refractivity contribution < 1.29 is 4.79 Å². The lowest BCUT2D eigenvalue weighted by molar-refractivity contribution is -0.131. The molecule has 0 unspecified atom stereocenters. The molecule has 3 heteroatoms. The average Bonchev–Trinajstić information content (AvgIpc) is 2.57. The van der Waals surface area contributed by atoms with E-state index in [-0.39, 0.29) is 5.91 Å². The van der Waals surface area contributed by atoms with Crippen molar-refractivity contribution >= 4 is 5.91 Å². The Labute approximate surface area is 132 Å². The largest absolute Gasteiger partial charge is 0.342 e. The molecule has 3 rings (SSSR count). The van der Waals surface area contributed by atoms with E-state index in [0.29, 0.717) is 12.3 Å². The molecule has 1 aliphatic rings. The topological polar surface area (TPSA) is 33.2 Å². The van der Waals surface area contributed by atoms with Crippen LogP contribution in [0.4, 0.5) is 0 Å². The molecule has 1 aromatic heterocycles. The molecule has 0 aliphatic carbocycles. The molecular weight excluding hydrogens is 272 g/mol. The number of pyridine rings is 1. The van der Waals surface area contributed by atoms with Crippen LogP contribution in [0.1, 0.15) is 24.0 Å². The van der Waals surface area contributed by atoms with Crippen molar-refractivity contribution in [1.82, 2.24) is 9.88 Å². The maximum absolute atomic E-state index is 12.3. The van der Waals surface area contributed by atoms with Gasteiger partial charge in [-0.3, -0.25) is 9.78 Å². The molecule has 2 heterocycles. The molecular formula is C19H22N2O. The van der Waals surface area contributed by atoms with E-state index in [1.54, 1.807) is 12.4 Å². The molecule has 0 spiro atoms. The van der Waals surface area contributed by atoms with Gasteiger partial charge in [0.25, 0.3) is 0 Å². The molecule has 0 bridgehead atoms. The number of nitrogens with zero attached hydrogens (tertiary/aromatic N) is 2. The third kappa shape index (κ3) is 3.94. The molecule has 114 valence electrons. The van der Waals surface area contributed by atoms with Gasteiger partial charge < -0.3 is 4.90 Å². The summed E-state index contributed by atoms with van der Waals surface area (Å²) in [6.07, 6.45) is 7.33. The third-order valence-corrected chi connectivity index (χ3v) is 4.41. The van der Waals surface area contributed by atoms with Crippen LogP contribution in [0, 0.1) is 5.92 Å². The second-order valence-corrected chi connectivity index (χ2v) is 6.05. The molecule has 22 heavy (non-hydrogen) atoms. The molecule has 0 N–H and O–H groups in total. The summed E-state index contributed by atoms with van der Waals surface area (Å²) in [5, 5.41) is 0. The zero-order valence-corrected chi connectivity index (χ0v) is 12.8. The van der Waals surface area contributed by atoms with E-state index in [2.05, 4.69) is 35.3 Å². The van der Waals surface area contributed by atoms with Crippen molar-refractivity contribution in [2.24, 2.45) is 5.92 Å². The summed E-state index contributed by atoms with van der Waals surface area (Å²) in [4.78, 5) is 18.4. The Kier molecular flexibility index (Phi) is 4.84. The zero-order valence-electron chi connectivity index (χ0n) is 12.8. The number of rotatable bonds is 4. The SMILES string of the molecule is O=C(Cc1cccnc1)N1CCC(Cc2ccccc2)CC1. The maximum Gasteiger partial charge on any atom is 0.227 e. The number of aromatic nitrogens is 1. The van der Waals surface area contributed by atoms with Crippen molar-refractivity contribution in [3.8, 4) is 0 Å². The van der Waals surface area contributed by atoms with Crippen LogP contribution in [0.15, 0.2) is 54.9 Å². The maximum atomic E-state index is 12.3. The molecule has 3 nitrogen and oxygen atoms in total. The fourth-order valence-electron chi connectivity index (χ4n) is 3.12. The van der Waals surface area contributed by atoms with Crippen LogP contribution in [-0.4, -0.2) is 28.9 Å². The first kappa shape index (κ1) is 14.8. The van der Waals surface area contributed by atoms with Crippen LogP contribution in [0.3, 0.4) is 0 Å². The second-order valence-electron chi connectivity index (χ2n) is 6.05. The van der Waals surface area contributed by atoms with Gasteiger partial charge in [-0.15, -0.1) is 0 Å². The van der Waals surface area contributed by atoms with Crippen molar-refractivity contribution in [3.63, 3.8) is 0 Å². The van der Waals surface area contributed by atoms with Crippen molar-refractivity contribution in [2.75, 3.05) is 13.1 Å². The predicted molar refractivity (Wildman–Crippen MR) is 87.4 cm³/mol. The van der Waals surface area contributed by atoms with Crippen molar-refractivity contribution in [2.45, 2.75) is 25.7 Å². The van der Waals surface area contributed by atoms with Gasteiger partial charge in [0.05, 0.1) is 6.42 Å². The zero-order chi connectivity index (χ0) is 15.2. The molecule has 2 aromatic rings. The first-order valence-corrected chi connectivity index (χ1v) is 8.02. The Balaban J connectivity index is 1.48. The highest BCUT2D eigenvalue weighted by Gasteiger charge is 2.22. The number of piperidine rings is 1. The van der Waals surface area contributed by atoms with Crippen molar-refractivity contribution in [1.29, 1.82) is 0 Å². The molecule has 1 aromatic carbocycles. The van der Waals surface area contributed by atoms with Gasteiger partial charge in [0, 0.05) is 25.5 Å². The summed E-state index contributed by atoms with van der Waals surface area (Å²) >= 11 is 0. The van der Waals surface area contributed by atoms with Crippen LogP contribution in [0.25, 0.3) is 0 Å². The van der Waals surface area contributed by atoms with Gasteiger partial charge in [-0.2, -0.15) is 0 Å². The summed E-state index contributed by atoms with van der Waals surface area (Å²) in [7, 11) is 0. The second kappa shape index (κ2) is 7.21. The minimum Gasteiger partial charge on any atom is -0.342 e. The van der Waals surface area contributed by atoms with Crippen LogP contribution < -0.4 is 0 Å². The van der Waals surface area contributed by atoms with E-state index in [1.165, 1.54) is 5.56 Å². The van der Waals surface area contributed by atoms with Crippen LogP contribution in [0.5, 0.6) is 0 Å². The van der Waals surface area contributed by atoms with E-state index in [4.69, 9.17) is 0 Å². The highest BCUT2D eigenvalue weighted by molar-refractivity contribution is 5.78. The highest BCUT2D eigenvalue weighted by atomic mass is 16.2. The number of hydrogen-bond acceptors (Lipinski definition) is 2. The van der Waals surface area contributed by atoms with Gasteiger partial charge >= 0.3 is 0 Å². The monoisotopic (exact) mass is 294 g/mol. The number of benzene rings is 1. The first-order valence-electron chi connectivity index (χ1n) is 8.02. The summed E-state index contributed by atoms with van der Waals surface area (Å²) in [6.45, 7) is 1.77. The lowest BCUT2D eigenvalue weighted by Gasteiger charge is -2.32. The third-order valence-electron chi connectivity index (χ3n) is 4.41. The van der Waals surface area contributed by atoms with E-state index < -0.39 is 0 Å². The van der Waals surface area contributed by atoms with E-state index in [9.17, 15) is 4.79 Å². The highest BCUT2D eigenvalue weighted by Crippen LogP contribution is 2.22. The Morgan fingerprint density at radius 2 is 1.77 bits per heavy atom. The van der Waals surface area contributed by atoms with Crippen LogP contribution >= 0.6 is 0 Å². The summed E-state index contributed by atoms with van der Waals surface area (Å²) < 4.78 is 0. The molecule has 1 saturated heterocycles. The predicted octanol–water partition coefficient (Wildman–Crippen LogP) is 3.11. The van der Waals surface area contributed by atoms with Gasteiger partial charge in [-0.1, -0.05) is 36.4 Å². The van der Waals surface area contributed by atoms with Gasteiger partial charge in [0.15, 0.2) is 0 Å². The normalized spacial score (nSPS) is 15.7. The quantitative estimate of drug-likeness (QED) is 0.868. The fourth-order valence-corrected chi connectivity index (χ4v) is 3.12. The first-order chi connectivity index (χ1) is 10.8. The van der Waals surface area contributed by atoms with Crippen molar-refractivity contribution in [3.05, 3.63) is 66.0 Å². The number of likely N-dealkylation sites (tertiary alicyclic amines) is 1. The Bertz CT molecular complexity index is 589. The minimum absolute atomic E-state index is 0.228. The van der Waals surface area contributed by atoms with E-state index in [1.807, 2.05) is 17.0 Å². The molecule has 1 aliphatic heterocycles. The summed E-state index contributed by atoms with van der Waals surface area (Å²) in [5.41, 5.74) is 2.40. The van der Waals surface area contributed by atoms with E-state index >= 15 is 0 Å². The molecule has 0 saturated carbocycles. The lowest BCUT2D eigenvalue weighted by Crippen LogP contribution is -2.39. The molecule has 0 atom stereocenters. The summed E-state index contributed by atoms with van der Waals surface area (Å²) in [6, 6.07) is 14.5. The lowest BCUT2D eigenvalue weighted by atomic mass is 9.90. The standard InChI is InChI=1S/C19H22N2O/c22-19(14-18-7-4-10-20-15-18)21-11-8-17(9-12-21)13-16-5-2-1-3-6-16/h1-7,10,15,17H,8-9,11-14H2. The molecule has 0 radical (unpaired) electrons. The summed E-state index contributed by atoms with van der Waals surface area (Å²) in [5.74, 6) is 0.927. The van der Waals surface area contributed by atoms with Gasteiger partial charge in [-0.25, -0.2) is 0 Å². The molecule has 1 fully saturated rings. The smallest absolute Gasteiger partial charge is 0.227 e. The Morgan fingerprint density at radius 1 is 1.05 bits per heavy atom. The van der Waals surface area contributed by atoms with Crippen LogP contribution in [0.2, 0.25) is 0 Å². The van der Waals surface area contributed by atoms with Gasteiger partial charge in [-0.05, 0) is 42.4 Å². The van der Waals surface area contributed by atoms with Crippen LogP contribution in [-0.2, 0) is 17.6 Å².